The lowest BCUT2D eigenvalue weighted by molar-refractivity contribution is -0.142. The van der Waals surface area contributed by atoms with Gasteiger partial charge in [0.1, 0.15) is 0 Å². The van der Waals surface area contributed by atoms with E-state index in [1.54, 1.807) is 16.7 Å². The average Bonchev–Trinajstić information content (AvgIpc) is 2.37. The summed E-state index contributed by atoms with van der Waals surface area (Å²) in [7, 11) is 1.83. The van der Waals surface area contributed by atoms with Crippen molar-refractivity contribution in [2.24, 2.45) is 5.41 Å². The Bertz CT molecular complexity index is 340. The number of hydrogen-bond acceptors (Lipinski definition) is 3. The van der Waals surface area contributed by atoms with Gasteiger partial charge in [0.15, 0.2) is 0 Å². The predicted molar refractivity (Wildman–Crippen MR) is 83.0 cm³/mol. The lowest BCUT2D eigenvalue weighted by Crippen LogP contribution is -2.41. The van der Waals surface area contributed by atoms with Gasteiger partial charge in [0.25, 0.3) is 0 Å². The van der Waals surface area contributed by atoms with Crippen molar-refractivity contribution in [3.05, 3.63) is 0 Å². The molecular weight excluding hydrogens is 274 g/mol. The van der Waals surface area contributed by atoms with Crippen LogP contribution in [0.25, 0.3) is 0 Å². The molecule has 1 N–H and O–H groups in total. The van der Waals surface area contributed by atoms with Gasteiger partial charge in [0.05, 0.1) is 6.42 Å². The Balaban J connectivity index is 2.69. The van der Waals surface area contributed by atoms with Crippen molar-refractivity contribution < 1.29 is 14.7 Å². The van der Waals surface area contributed by atoms with Gasteiger partial charge in [-0.15, -0.1) is 0 Å². The first-order valence-corrected chi connectivity index (χ1v) is 8.76. The van der Waals surface area contributed by atoms with Gasteiger partial charge in [-0.25, -0.2) is 0 Å². The van der Waals surface area contributed by atoms with Gasteiger partial charge in [0.2, 0.25) is 5.91 Å². The second kappa shape index (κ2) is 7.91. The maximum absolute atomic E-state index is 12.4. The molecule has 1 aliphatic rings. The van der Waals surface area contributed by atoms with Crippen molar-refractivity contribution in [3.63, 3.8) is 0 Å². The van der Waals surface area contributed by atoms with Crippen molar-refractivity contribution in [3.8, 4) is 0 Å². The molecule has 1 saturated carbocycles. The Hall–Kier alpha value is -0.710. The summed E-state index contributed by atoms with van der Waals surface area (Å²) in [5, 5.41) is 9.15. The van der Waals surface area contributed by atoms with Gasteiger partial charge in [-0.2, -0.15) is 11.8 Å². The number of thioether (sulfide) groups is 1. The minimum atomic E-state index is -0.778. The molecule has 116 valence electrons. The molecule has 0 radical (unpaired) electrons. The molecule has 0 spiro atoms. The van der Waals surface area contributed by atoms with Crippen LogP contribution in [-0.4, -0.2) is 47.0 Å². The Morgan fingerprint density at radius 1 is 1.25 bits per heavy atom. The minimum Gasteiger partial charge on any atom is -0.481 e. The maximum atomic E-state index is 12.4. The lowest BCUT2D eigenvalue weighted by atomic mass is 9.69. The van der Waals surface area contributed by atoms with Crippen LogP contribution in [0.1, 0.15) is 51.9 Å². The number of carbonyl (C=O) groups is 2. The molecule has 0 heterocycles. The highest BCUT2D eigenvalue weighted by Gasteiger charge is 2.37. The molecule has 20 heavy (non-hydrogen) atoms. The topological polar surface area (TPSA) is 57.6 Å². The van der Waals surface area contributed by atoms with Crippen LogP contribution in [0, 0.1) is 5.41 Å². The fourth-order valence-electron chi connectivity index (χ4n) is 3.08. The number of aliphatic carboxylic acids is 1. The molecule has 1 atom stereocenters. The minimum absolute atomic E-state index is 0.0923. The van der Waals surface area contributed by atoms with Crippen molar-refractivity contribution in [2.45, 2.75) is 57.9 Å². The quantitative estimate of drug-likeness (QED) is 0.785. The molecule has 0 aliphatic heterocycles. The molecular formula is C15H27NO3S. The summed E-state index contributed by atoms with van der Waals surface area (Å²) in [4.78, 5) is 25.4. The van der Waals surface area contributed by atoms with Crippen LogP contribution >= 0.6 is 11.8 Å². The maximum Gasteiger partial charge on any atom is 0.303 e. The summed E-state index contributed by atoms with van der Waals surface area (Å²) in [6.45, 7) is 2.04. The van der Waals surface area contributed by atoms with Crippen LogP contribution in [-0.2, 0) is 9.59 Å². The largest absolute Gasteiger partial charge is 0.481 e. The second-order valence-corrected chi connectivity index (χ2v) is 7.03. The lowest BCUT2D eigenvalue weighted by Gasteiger charge is -2.37. The van der Waals surface area contributed by atoms with E-state index in [0.29, 0.717) is 6.42 Å². The molecule has 1 amide bonds. The molecule has 1 rings (SSSR count). The van der Waals surface area contributed by atoms with Crippen molar-refractivity contribution in [2.75, 3.05) is 19.1 Å². The molecule has 1 unspecified atom stereocenters. The summed E-state index contributed by atoms with van der Waals surface area (Å²) in [5.74, 6) is 0.225. The number of carboxylic acids is 1. The SMILES string of the molecule is CSCC(C)N(C)C(=O)CC1(CC(=O)O)CCCCC1. The Morgan fingerprint density at radius 3 is 2.35 bits per heavy atom. The summed E-state index contributed by atoms with van der Waals surface area (Å²) >= 11 is 1.72. The third-order valence-electron chi connectivity index (χ3n) is 4.43. The van der Waals surface area contributed by atoms with Gasteiger partial charge in [-0.3, -0.25) is 9.59 Å². The number of nitrogens with zero attached hydrogens (tertiary/aromatic N) is 1. The van der Waals surface area contributed by atoms with E-state index in [9.17, 15) is 9.59 Å². The van der Waals surface area contributed by atoms with Crippen LogP contribution in [0.4, 0.5) is 0 Å². The van der Waals surface area contributed by atoms with E-state index in [1.165, 1.54) is 0 Å². The van der Waals surface area contributed by atoms with E-state index in [-0.39, 0.29) is 23.8 Å². The highest BCUT2D eigenvalue weighted by atomic mass is 32.2. The van der Waals surface area contributed by atoms with Gasteiger partial charge in [-0.1, -0.05) is 19.3 Å². The van der Waals surface area contributed by atoms with Gasteiger partial charge < -0.3 is 10.0 Å². The molecule has 4 nitrogen and oxygen atoms in total. The van der Waals surface area contributed by atoms with E-state index in [1.807, 2.05) is 20.2 Å². The first-order chi connectivity index (χ1) is 9.40. The van der Waals surface area contributed by atoms with Gasteiger partial charge in [0, 0.05) is 25.3 Å². The summed E-state index contributed by atoms with van der Waals surface area (Å²) in [6.07, 6.45) is 7.54. The van der Waals surface area contributed by atoms with E-state index in [0.717, 1.165) is 37.9 Å². The number of hydrogen-bond donors (Lipinski definition) is 1. The van der Waals surface area contributed by atoms with E-state index >= 15 is 0 Å². The molecule has 0 aromatic heterocycles. The number of carbonyl (C=O) groups excluding carboxylic acids is 1. The normalized spacial score (nSPS) is 19.4. The highest BCUT2D eigenvalue weighted by molar-refractivity contribution is 7.98. The Kier molecular flexibility index (Phi) is 6.86. The summed E-state index contributed by atoms with van der Waals surface area (Å²) in [5.41, 5.74) is -0.311. The van der Waals surface area contributed by atoms with Gasteiger partial charge >= 0.3 is 5.97 Å². The van der Waals surface area contributed by atoms with E-state index in [2.05, 4.69) is 0 Å². The Labute approximate surface area is 126 Å². The zero-order valence-electron chi connectivity index (χ0n) is 12.9. The zero-order chi connectivity index (χ0) is 15.2. The molecule has 0 bridgehead atoms. The first-order valence-electron chi connectivity index (χ1n) is 7.36. The molecule has 0 aromatic rings. The van der Waals surface area contributed by atoms with Crippen LogP contribution in [0.3, 0.4) is 0 Å². The van der Waals surface area contributed by atoms with Crippen LogP contribution in [0.2, 0.25) is 0 Å². The predicted octanol–water partition coefficient (Wildman–Crippen LogP) is 3.01. The van der Waals surface area contributed by atoms with E-state index in [4.69, 9.17) is 5.11 Å². The number of amides is 1. The fourth-order valence-corrected chi connectivity index (χ4v) is 3.79. The van der Waals surface area contributed by atoms with Crippen LogP contribution < -0.4 is 0 Å². The third-order valence-corrected chi connectivity index (χ3v) is 5.24. The average molecular weight is 301 g/mol. The summed E-state index contributed by atoms with van der Waals surface area (Å²) < 4.78 is 0. The van der Waals surface area contributed by atoms with Crippen LogP contribution in [0.5, 0.6) is 0 Å². The van der Waals surface area contributed by atoms with E-state index < -0.39 is 5.97 Å². The second-order valence-electron chi connectivity index (χ2n) is 6.12. The third kappa shape index (κ3) is 5.00. The smallest absolute Gasteiger partial charge is 0.303 e. The summed E-state index contributed by atoms with van der Waals surface area (Å²) in [6, 6.07) is 0.197. The monoisotopic (exact) mass is 301 g/mol. The Morgan fingerprint density at radius 2 is 1.85 bits per heavy atom. The molecule has 1 fully saturated rings. The van der Waals surface area contributed by atoms with Crippen molar-refractivity contribution >= 4 is 23.6 Å². The molecule has 0 aromatic carbocycles. The highest BCUT2D eigenvalue weighted by Crippen LogP contribution is 2.42. The molecule has 0 saturated heterocycles. The van der Waals surface area contributed by atoms with Crippen molar-refractivity contribution in [1.82, 2.24) is 4.90 Å². The van der Waals surface area contributed by atoms with Crippen LogP contribution in [0.15, 0.2) is 0 Å². The molecule has 1 aliphatic carbocycles. The first kappa shape index (κ1) is 17.3. The zero-order valence-corrected chi connectivity index (χ0v) is 13.7. The number of rotatable bonds is 7. The molecule has 5 heteroatoms. The number of carboxylic acid groups (broad SMARTS) is 1. The van der Waals surface area contributed by atoms with Crippen molar-refractivity contribution in [1.29, 1.82) is 0 Å². The van der Waals surface area contributed by atoms with Gasteiger partial charge in [-0.05, 0) is 31.4 Å². The standard InChI is InChI=1S/C15H27NO3S/c1-12(11-20-3)16(2)13(17)9-15(10-14(18)19)7-5-4-6-8-15/h12H,4-11H2,1-3H3,(H,18,19). The fraction of sp³-hybridized carbons (Fsp3) is 0.867.